The zero-order chi connectivity index (χ0) is 19.9. The van der Waals surface area contributed by atoms with Crippen molar-refractivity contribution in [1.29, 1.82) is 0 Å². The van der Waals surface area contributed by atoms with Crippen LogP contribution >= 0.6 is 0 Å². The van der Waals surface area contributed by atoms with Gasteiger partial charge in [-0.3, -0.25) is 9.48 Å². The van der Waals surface area contributed by atoms with Crippen LogP contribution in [-0.2, 0) is 12.5 Å². The van der Waals surface area contributed by atoms with Gasteiger partial charge in [0, 0.05) is 30.9 Å². The average Bonchev–Trinajstić information content (AvgIpc) is 3.27. The molecule has 7 heteroatoms. The first kappa shape index (κ1) is 18.7. The molecule has 2 N–H and O–H groups in total. The standard InChI is InChI=1S/C21H28N6O/c1-21(2,3)20-24-17-12-14(7-8-18(17)26(20)4)23-19(28)16-9-11-27(25-16)15-6-5-10-22-13-15/h7-9,11-12,15,22H,5-6,10,13H2,1-4H3,(H,23,28). The van der Waals surface area contributed by atoms with E-state index in [-0.39, 0.29) is 11.3 Å². The second kappa shape index (κ2) is 7.05. The Balaban J connectivity index is 1.53. The molecule has 3 aromatic rings. The third kappa shape index (κ3) is 3.54. The number of hydrogen-bond donors (Lipinski definition) is 2. The van der Waals surface area contributed by atoms with Crippen LogP contribution < -0.4 is 10.6 Å². The van der Waals surface area contributed by atoms with Crippen LogP contribution in [0.4, 0.5) is 5.69 Å². The van der Waals surface area contributed by atoms with Gasteiger partial charge < -0.3 is 15.2 Å². The molecule has 1 atom stereocenters. The summed E-state index contributed by atoms with van der Waals surface area (Å²) in [6.45, 7) is 8.40. The largest absolute Gasteiger partial charge is 0.331 e. The van der Waals surface area contributed by atoms with E-state index < -0.39 is 0 Å². The molecule has 1 amide bonds. The highest BCUT2D eigenvalue weighted by Crippen LogP contribution is 2.27. The number of fused-ring (bicyclic) bond motifs is 1. The molecule has 1 fully saturated rings. The summed E-state index contributed by atoms with van der Waals surface area (Å²) in [7, 11) is 2.03. The lowest BCUT2D eigenvalue weighted by Gasteiger charge is -2.22. The van der Waals surface area contributed by atoms with Crippen molar-refractivity contribution in [2.24, 2.45) is 7.05 Å². The predicted molar refractivity (Wildman–Crippen MR) is 111 cm³/mol. The summed E-state index contributed by atoms with van der Waals surface area (Å²) in [6, 6.07) is 7.93. The number of imidazole rings is 1. The van der Waals surface area contributed by atoms with Gasteiger partial charge in [0.25, 0.3) is 5.91 Å². The molecule has 7 nitrogen and oxygen atoms in total. The first-order valence-corrected chi connectivity index (χ1v) is 9.87. The highest BCUT2D eigenvalue weighted by Gasteiger charge is 2.22. The van der Waals surface area contributed by atoms with Crippen molar-refractivity contribution in [2.75, 3.05) is 18.4 Å². The van der Waals surface area contributed by atoms with E-state index in [1.54, 1.807) is 6.07 Å². The van der Waals surface area contributed by atoms with Gasteiger partial charge in [0.05, 0.1) is 17.1 Å². The van der Waals surface area contributed by atoms with Gasteiger partial charge in [0.1, 0.15) is 5.82 Å². The minimum Gasteiger partial charge on any atom is -0.331 e. The highest BCUT2D eigenvalue weighted by atomic mass is 16.1. The molecule has 4 rings (SSSR count). The molecule has 3 heterocycles. The molecule has 1 aromatic carbocycles. The van der Waals surface area contributed by atoms with Crippen LogP contribution in [0.3, 0.4) is 0 Å². The Hall–Kier alpha value is -2.67. The predicted octanol–water partition coefficient (Wildman–Crippen LogP) is 3.24. The number of piperidine rings is 1. The van der Waals surface area contributed by atoms with Gasteiger partial charge in [-0.05, 0) is 43.7 Å². The summed E-state index contributed by atoms with van der Waals surface area (Å²) < 4.78 is 4.01. The van der Waals surface area contributed by atoms with E-state index in [1.807, 2.05) is 36.1 Å². The van der Waals surface area contributed by atoms with Gasteiger partial charge in [0.2, 0.25) is 0 Å². The minimum atomic E-state index is -0.200. The van der Waals surface area contributed by atoms with Crippen LogP contribution in [-0.4, -0.2) is 38.3 Å². The van der Waals surface area contributed by atoms with E-state index in [1.165, 1.54) is 0 Å². The summed E-state index contributed by atoms with van der Waals surface area (Å²) in [6.07, 6.45) is 4.11. The van der Waals surface area contributed by atoms with Crippen molar-refractivity contribution in [3.8, 4) is 0 Å². The molecule has 1 aliphatic heterocycles. The molecule has 0 bridgehead atoms. The Morgan fingerprint density at radius 3 is 2.82 bits per heavy atom. The number of aromatic nitrogens is 4. The van der Waals surface area contributed by atoms with Gasteiger partial charge in [-0.15, -0.1) is 0 Å². The van der Waals surface area contributed by atoms with Crippen molar-refractivity contribution in [2.45, 2.75) is 45.1 Å². The van der Waals surface area contributed by atoms with E-state index in [0.717, 1.165) is 48.5 Å². The van der Waals surface area contributed by atoms with Crippen molar-refractivity contribution in [3.05, 3.63) is 42.0 Å². The monoisotopic (exact) mass is 380 g/mol. The number of amides is 1. The lowest BCUT2D eigenvalue weighted by Crippen LogP contribution is -2.32. The van der Waals surface area contributed by atoms with E-state index in [0.29, 0.717) is 11.7 Å². The Morgan fingerprint density at radius 2 is 2.11 bits per heavy atom. The second-order valence-corrected chi connectivity index (χ2v) is 8.58. The maximum absolute atomic E-state index is 12.6. The third-order valence-electron chi connectivity index (χ3n) is 5.30. The Bertz CT molecular complexity index is 1000. The van der Waals surface area contributed by atoms with E-state index in [9.17, 15) is 4.79 Å². The molecule has 0 saturated carbocycles. The van der Waals surface area contributed by atoms with Crippen LogP contribution in [0, 0.1) is 0 Å². The molecule has 0 aliphatic carbocycles. The van der Waals surface area contributed by atoms with Crippen molar-refractivity contribution in [1.82, 2.24) is 24.6 Å². The summed E-state index contributed by atoms with van der Waals surface area (Å²) >= 11 is 0. The second-order valence-electron chi connectivity index (χ2n) is 8.58. The first-order valence-electron chi connectivity index (χ1n) is 9.87. The number of hydrogen-bond acceptors (Lipinski definition) is 4. The topological polar surface area (TPSA) is 76.8 Å². The van der Waals surface area contributed by atoms with Crippen LogP contribution in [0.15, 0.2) is 30.5 Å². The van der Waals surface area contributed by atoms with Gasteiger partial charge in [-0.1, -0.05) is 20.8 Å². The molecule has 0 radical (unpaired) electrons. The molecular weight excluding hydrogens is 352 g/mol. The number of anilines is 1. The fraction of sp³-hybridized carbons (Fsp3) is 0.476. The Kier molecular flexibility index (Phi) is 4.71. The molecule has 1 aliphatic rings. The Morgan fingerprint density at radius 1 is 1.29 bits per heavy atom. The fourth-order valence-electron chi connectivity index (χ4n) is 3.87. The maximum atomic E-state index is 12.6. The quantitative estimate of drug-likeness (QED) is 0.731. The molecule has 2 aromatic heterocycles. The van der Waals surface area contributed by atoms with Crippen molar-refractivity contribution >= 4 is 22.6 Å². The number of rotatable bonds is 3. The molecule has 1 saturated heterocycles. The summed E-state index contributed by atoms with van der Waals surface area (Å²) in [4.78, 5) is 17.4. The fourth-order valence-corrected chi connectivity index (χ4v) is 3.87. The third-order valence-corrected chi connectivity index (χ3v) is 5.30. The number of nitrogens with zero attached hydrogens (tertiary/aromatic N) is 4. The number of carbonyl (C=O) groups is 1. The number of nitrogens with one attached hydrogen (secondary N) is 2. The number of carbonyl (C=O) groups excluding carboxylic acids is 1. The van der Waals surface area contributed by atoms with E-state index in [4.69, 9.17) is 4.98 Å². The van der Waals surface area contributed by atoms with Crippen molar-refractivity contribution in [3.63, 3.8) is 0 Å². The van der Waals surface area contributed by atoms with Gasteiger partial charge in [-0.2, -0.15) is 5.10 Å². The highest BCUT2D eigenvalue weighted by molar-refractivity contribution is 6.03. The van der Waals surface area contributed by atoms with Crippen LogP contribution in [0.25, 0.3) is 11.0 Å². The smallest absolute Gasteiger partial charge is 0.276 e. The molecular formula is C21H28N6O. The molecule has 0 spiro atoms. The summed E-state index contributed by atoms with van der Waals surface area (Å²) in [5, 5.41) is 10.8. The lowest BCUT2D eigenvalue weighted by atomic mass is 9.96. The lowest BCUT2D eigenvalue weighted by molar-refractivity contribution is 0.102. The maximum Gasteiger partial charge on any atom is 0.276 e. The van der Waals surface area contributed by atoms with Gasteiger partial charge >= 0.3 is 0 Å². The van der Waals surface area contributed by atoms with Gasteiger partial charge in [0.15, 0.2) is 5.69 Å². The normalized spacial score (nSPS) is 17.8. The zero-order valence-corrected chi connectivity index (χ0v) is 17.0. The SMILES string of the molecule is Cn1c(C(C)(C)C)nc2cc(NC(=O)c3ccn(C4CCCNC4)n3)ccc21. The zero-order valence-electron chi connectivity index (χ0n) is 17.0. The molecule has 148 valence electrons. The van der Waals surface area contributed by atoms with E-state index in [2.05, 4.69) is 41.1 Å². The number of benzene rings is 1. The van der Waals surface area contributed by atoms with Crippen molar-refractivity contribution < 1.29 is 4.79 Å². The molecule has 1 unspecified atom stereocenters. The van der Waals surface area contributed by atoms with Gasteiger partial charge in [-0.25, -0.2) is 4.98 Å². The summed E-state index contributed by atoms with van der Waals surface area (Å²) in [5.41, 5.74) is 3.05. The van der Waals surface area contributed by atoms with E-state index >= 15 is 0 Å². The molecule has 28 heavy (non-hydrogen) atoms. The average molecular weight is 380 g/mol. The van der Waals surface area contributed by atoms with Crippen LogP contribution in [0.1, 0.15) is 56.0 Å². The first-order chi connectivity index (χ1) is 13.3. The van der Waals surface area contributed by atoms with Crippen LogP contribution in [0.2, 0.25) is 0 Å². The Labute approximate surface area is 165 Å². The summed E-state index contributed by atoms with van der Waals surface area (Å²) in [5.74, 6) is 0.819. The minimum absolute atomic E-state index is 0.0437. The number of aryl methyl sites for hydroxylation is 1. The van der Waals surface area contributed by atoms with Crippen LogP contribution in [0.5, 0.6) is 0 Å².